The number of aromatic nitrogens is 1. The summed E-state index contributed by atoms with van der Waals surface area (Å²) in [6, 6.07) is 14.7. The fourth-order valence-electron chi connectivity index (χ4n) is 2.18. The van der Waals surface area contributed by atoms with E-state index in [1.54, 1.807) is 24.4 Å². The van der Waals surface area contributed by atoms with Gasteiger partial charge in [-0.25, -0.2) is 4.98 Å². The zero-order valence-corrected chi connectivity index (χ0v) is 15.6. The number of nitrogens with zero attached hydrogens (tertiary/aromatic N) is 1. The average Bonchev–Trinajstić information content (AvgIpc) is 3.06. The molecule has 0 fully saturated rings. The van der Waals surface area contributed by atoms with Gasteiger partial charge in [0.2, 0.25) is 5.88 Å². The molecule has 25 heavy (non-hydrogen) atoms. The Bertz CT molecular complexity index is 794. The molecule has 0 amide bonds. The van der Waals surface area contributed by atoms with E-state index in [1.165, 1.54) is 0 Å². The van der Waals surface area contributed by atoms with Crippen molar-refractivity contribution in [1.29, 1.82) is 0 Å². The lowest BCUT2D eigenvalue weighted by Gasteiger charge is -2.05. The molecule has 2 heterocycles. The van der Waals surface area contributed by atoms with Gasteiger partial charge in [0.15, 0.2) is 0 Å². The van der Waals surface area contributed by atoms with E-state index in [0.29, 0.717) is 41.4 Å². The summed E-state index contributed by atoms with van der Waals surface area (Å²) in [6.07, 6.45) is 1.70. The molecule has 132 valence electrons. The van der Waals surface area contributed by atoms with Gasteiger partial charge in [0, 0.05) is 29.4 Å². The van der Waals surface area contributed by atoms with Crippen LogP contribution in [0, 0.1) is 0 Å². The van der Waals surface area contributed by atoms with Crippen molar-refractivity contribution in [3.63, 3.8) is 0 Å². The van der Waals surface area contributed by atoms with Crippen LogP contribution >= 0.6 is 35.6 Å². The highest BCUT2D eigenvalue weighted by Crippen LogP contribution is 2.31. The highest BCUT2D eigenvalue weighted by Gasteiger charge is 2.09. The van der Waals surface area contributed by atoms with Crippen molar-refractivity contribution in [3.8, 4) is 17.2 Å². The van der Waals surface area contributed by atoms with Gasteiger partial charge in [-0.2, -0.15) is 0 Å². The first-order valence-electron chi connectivity index (χ1n) is 7.51. The SMILES string of the molecule is Cl.Clc1ccc(Cl)c(-c2ccc(CNCCOc3ccccn3)o2)c1. The van der Waals surface area contributed by atoms with Gasteiger partial charge >= 0.3 is 0 Å². The Morgan fingerprint density at radius 2 is 1.96 bits per heavy atom. The molecule has 0 radical (unpaired) electrons. The van der Waals surface area contributed by atoms with Crippen molar-refractivity contribution >= 4 is 35.6 Å². The molecule has 0 bridgehead atoms. The van der Waals surface area contributed by atoms with Gasteiger partial charge in [0.25, 0.3) is 0 Å². The average molecular weight is 400 g/mol. The number of halogens is 3. The number of hydrogen-bond acceptors (Lipinski definition) is 4. The van der Waals surface area contributed by atoms with E-state index >= 15 is 0 Å². The van der Waals surface area contributed by atoms with Crippen LogP contribution in [0.1, 0.15) is 5.76 Å². The van der Waals surface area contributed by atoms with Crippen LogP contribution in [0.15, 0.2) is 59.1 Å². The summed E-state index contributed by atoms with van der Waals surface area (Å²) in [4.78, 5) is 4.09. The summed E-state index contributed by atoms with van der Waals surface area (Å²) in [5.74, 6) is 2.14. The van der Waals surface area contributed by atoms with E-state index in [1.807, 2.05) is 30.3 Å². The Labute approximate surface area is 162 Å². The molecule has 0 saturated heterocycles. The van der Waals surface area contributed by atoms with Crippen molar-refractivity contribution in [1.82, 2.24) is 10.3 Å². The van der Waals surface area contributed by atoms with E-state index in [2.05, 4.69) is 10.3 Å². The summed E-state index contributed by atoms with van der Waals surface area (Å²) in [6.45, 7) is 1.82. The number of rotatable bonds is 7. The molecule has 0 atom stereocenters. The molecular weight excluding hydrogens is 383 g/mol. The lowest BCUT2D eigenvalue weighted by atomic mass is 10.2. The highest BCUT2D eigenvalue weighted by molar-refractivity contribution is 6.35. The Morgan fingerprint density at radius 3 is 2.76 bits per heavy atom. The summed E-state index contributed by atoms with van der Waals surface area (Å²) < 4.78 is 11.3. The van der Waals surface area contributed by atoms with Crippen molar-refractivity contribution in [2.45, 2.75) is 6.54 Å². The molecule has 2 aromatic heterocycles. The maximum Gasteiger partial charge on any atom is 0.213 e. The summed E-state index contributed by atoms with van der Waals surface area (Å²) in [5, 5.41) is 4.49. The standard InChI is InChI=1S/C18H16Cl2N2O2.ClH/c19-13-4-6-16(20)15(11-13)17-7-5-14(24-17)12-21-9-10-23-18-3-1-2-8-22-18;/h1-8,11,21H,9-10,12H2;1H. The summed E-state index contributed by atoms with van der Waals surface area (Å²) in [7, 11) is 0. The fourth-order valence-corrected chi connectivity index (χ4v) is 2.56. The number of hydrogen-bond donors (Lipinski definition) is 1. The number of ether oxygens (including phenoxy) is 1. The maximum atomic E-state index is 6.19. The number of pyridine rings is 1. The minimum atomic E-state index is 0. The minimum absolute atomic E-state index is 0. The smallest absolute Gasteiger partial charge is 0.213 e. The minimum Gasteiger partial charge on any atom is -0.476 e. The molecule has 3 aromatic rings. The lowest BCUT2D eigenvalue weighted by molar-refractivity contribution is 0.300. The Morgan fingerprint density at radius 1 is 1.08 bits per heavy atom. The van der Waals surface area contributed by atoms with E-state index in [9.17, 15) is 0 Å². The van der Waals surface area contributed by atoms with E-state index in [4.69, 9.17) is 32.4 Å². The van der Waals surface area contributed by atoms with Crippen LogP contribution in [0.25, 0.3) is 11.3 Å². The predicted molar refractivity (Wildman–Crippen MR) is 103 cm³/mol. The van der Waals surface area contributed by atoms with Crippen molar-refractivity contribution < 1.29 is 9.15 Å². The molecule has 0 aliphatic rings. The topological polar surface area (TPSA) is 47.3 Å². The Hall–Kier alpha value is -1.72. The first-order valence-corrected chi connectivity index (χ1v) is 8.26. The van der Waals surface area contributed by atoms with Crippen LogP contribution < -0.4 is 10.1 Å². The van der Waals surface area contributed by atoms with Crippen LogP contribution in [0.2, 0.25) is 10.0 Å². The van der Waals surface area contributed by atoms with Crippen LogP contribution in [0.4, 0.5) is 0 Å². The molecule has 0 unspecified atom stereocenters. The molecule has 0 saturated carbocycles. The largest absolute Gasteiger partial charge is 0.476 e. The first-order chi connectivity index (χ1) is 11.7. The normalized spacial score (nSPS) is 10.3. The van der Waals surface area contributed by atoms with Gasteiger partial charge in [0.05, 0.1) is 11.6 Å². The first kappa shape index (κ1) is 19.6. The molecule has 1 aromatic carbocycles. The van der Waals surface area contributed by atoms with Crippen molar-refractivity contribution in [2.24, 2.45) is 0 Å². The molecule has 7 heteroatoms. The van der Waals surface area contributed by atoms with E-state index in [0.717, 1.165) is 11.3 Å². The zero-order chi connectivity index (χ0) is 16.8. The number of furan rings is 1. The van der Waals surface area contributed by atoms with Gasteiger partial charge < -0.3 is 14.5 Å². The third-order valence-electron chi connectivity index (χ3n) is 3.32. The molecule has 0 aliphatic carbocycles. The second-order valence-electron chi connectivity index (χ2n) is 5.08. The molecular formula is C18H17Cl3N2O2. The van der Waals surface area contributed by atoms with Gasteiger partial charge in [0.1, 0.15) is 18.1 Å². The van der Waals surface area contributed by atoms with Crippen molar-refractivity contribution in [3.05, 3.63) is 70.5 Å². The van der Waals surface area contributed by atoms with Gasteiger partial charge in [-0.05, 0) is 36.4 Å². The molecule has 0 spiro atoms. The van der Waals surface area contributed by atoms with Crippen LogP contribution in [0.3, 0.4) is 0 Å². The van der Waals surface area contributed by atoms with Gasteiger partial charge in [-0.15, -0.1) is 12.4 Å². The summed E-state index contributed by atoms with van der Waals surface area (Å²) >= 11 is 12.2. The second-order valence-corrected chi connectivity index (χ2v) is 5.93. The Balaban J connectivity index is 0.00000225. The predicted octanol–water partition coefficient (Wildman–Crippen LogP) is 5.24. The van der Waals surface area contributed by atoms with Crippen LogP contribution in [-0.4, -0.2) is 18.1 Å². The fraction of sp³-hybridized carbons (Fsp3) is 0.167. The third-order valence-corrected chi connectivity index (χ3v) is 3.89. The maximum absolute atomic E-state index is 6.19. The van der Waals surface area contributed by atoms with Gasteiger partial charge in [-0.1, -0.05) is 29.3 Å². The van der Waals surface area contributed by atoms with Crippen LogP contribution in [-0.2, 0) is 6.54 Å². The summed E-state index contributed by atoms with van der Waals surface area (Å²) in [5.41, 5.74) is 0.786. The quantitative estimate of drug-likeness (QED) is 0.552. The van der Waals surface area contributed by atoms with Crippen molar-refractivity contribution in [2.75, 3.05) is 13.2 Å². The van der Waals surface area contributed by atoms with Crippen LogP contribution in [0.5, 0.6) is 5.88 Å². The van der Waals surface area contributed by atoms with E-state index in [-0.39, 0.29) is 12.4 Å². The molecule has 3 rings (SSSR count). The second kappa shape index (κ2) is 9.68. The zero-order valence-electron chi connectivity index (χ0n) is 13.2. The third kappa shape index (κ3) is 5.65. The lowest BCUT2D eigenvalue weighted by Crippen LogP contribution is -2.20. The monoisotopic (exact) mass is 398 g/mol. The molecule has 0 aliphatic heterocycles. The molecule has 4 nitrogen and oxygen atoms in total. The number of nitrogens with one attached hydrogen (secondary N) is 1. The van der Waals surface area contributed by atoms with E-state index < -0.39 is 0 Å². The number of benzene rings is 1. The van der Waals surface area contributed by atoms with Gasteiger partial charge in [-0.3, -0.25) is 0 Å². The Kier molecular flexibility index (Phi) is 7.59. The highest BCUT2D eigenvalue weighted by atomic mass is 35.5. The molecule has 1 N–H and O–H groups in total.